The van der Waals surface area contributed by atoms with Crippen LogP contribution >= 0.6 is 11.6 Å². The van der Waals surface area contributed by atoms with E-state index in [1.165, 1.54) is 16.8 Å². The van der Waals surface area contributed by atoms with Crippen molar-refractivity contribution in [2.75, 3.05) is 19.0 Å². The van der Waals surface area contributed by atoms with Gasteiger partial charge in [-0.15, -0.1) is 0 Å². The third-order valence-corrected chi connectivity index (χ3v) is 3.55. The second kappa shape index (κ2) is 4.54. The molecule has 3 heteroatoms. The molecule has 2 aromatic carbocycles. The molecule has 1 aliphatic heterocycles. The Labute approximate surface area is 112 Å². The second-order valence-corrected chi connectivity index (χ2v) is 4.79. The molecule has 0 aromatic heterocycles. The van der Waals surface area contributed by atoms with E-state index >= 15 is 0 Å². The summed E-state index contributed by atoms with van der Waals surface area (Å²) >= 11 is 6.10. The quantitative estimate of drug-likeness (QED) is 0.881. The molecule has 1 heterocycles. The number of hydrogen-bond acceptors (Lipinski definition) is 2. The normalized spacial score (nSPS) is 13.0. The molecule has 18 heavy (non-hydrogen) atoms. The topological polar surface area (TPSA) is 21.3 Å². The highest BCUT2D eigenvalue weighted by atomic mass is 35.5. The Bertz CT molecular complexity index is 595. The van der Waals surface area contributed by atoms with E-state index in [1.807, 2.05) is 18.2 Å². The number of rotatable bonds is 2. The molecule has 0 spiro atoms. The van der Waals surface area contributed by atoms with Crippen LogP contribution in [-0.2, 0) is 6.42 Å². The van der Waals surface area contributed by atoms with Gasteiger partial charge in [0.25, 0.3) is 0 Å². The molecule has 2 nitrogen and oxygen atoms in total. The molecule has 1 N–H and O–H groups in total. The molecule has 1 aliphatic rings. The first-order valence-corrected chi connectivity index (χ1v) is 6.37. The molecule has 0 radical (unpaired) electrons. The molecule has 0 atom stereocenters. The van der Waals surface area contributed by atoms with E-state index in [-0.39, 0.29) is 0 Å². The van der Waals surface area contributed by atoms with Gasteiger partial charge in [0, 0.05) is 22.8 Å². The smallest absolute Gasteiger partial charge is 0.126 e. The van der Waals surface area contributed by atoms with Gasteiger partial charge in [0.05, 0.1) is 7.11 Å². The lowest BCUT2D eigenvalue weighted by Gasteiger charge is -2.12. The molecule has 0 bridgehead atoms. The van der Waals surface area contributed by atoms with Crippen LogP contribution in [0.5, 0.6) is 5.75 Å². The highest BCUT2D eigenvalue weighted by Gasteiger charge is 2.17. The van der Waals surface area contributed by atoms with Crippen molar-refractivity contribution in [1.29, 1.82) is 0 Å². The lowest BCUT2D eigenvalue weighted by molar-refractivity contribution is 0.416. The van der Waals surface area contributed by atoms with Crippen molar-refractivity contribution in [1.82, 2.24) is 0 Å². The van der Waals surface area contributed by atoms with Crippen LogP contribution in [0.3, 0.4) is 0 Å². The third-order valence-electron chi connectivity index (χ3n) is 3.32. The fourth-order valence-electron chi connectivity index (χ4n) is 2.49. The van der Waals surface area contributed by atoms with Gasteiger partial charge >= 0.3 is 0 Å². The molecule has 0 unspecified atom stereocenters. The lowest BCUT2D eigenvalue weighted by Crippen LogP contribution is -1.91. The monoisotopic (exact) mass is 259 g/mol. The van der Waals surface area contributed by atoms with Crippen LogP contribution in [0.4, 0.5) is 5.69 Å². The van der Waals surface area contributed by atoms with E-state index in [0.717, 1.165) is 29.3 Å². The predicted octanol–water partition coefficient (Wildman–Crippen LogP) is 3.98. The molecule has 92 valence electrons. The molecular weight excluding hydrogens is 246 g/mol. The van der Waals surface area contributed by atoms with Crippen molar-refractivity contribution in [3.63, 3.8) is 0 Å². The van der Waals surface area contributed by atoms with Gasteiger partial charge in [-0.3, -0.25) is 0 Å². The summed E-state index contributed by atoms with van der Waals surface area (Å²) in [6.45, 7) is 0.995. The number of fused-ring (bicyclic) bond motifs is 1. The van der Waals surface area contributed by atoms with Gasteiger partial charge in [0.15, 0.2) is 0 Å². The summed E-state index contributed by atoms with van der Waals surface area (Å²) in [6, 6.07) is 12.0. The van der Waals surface area contributed by atoms with Crippen molar-refractivity contribution in [2.45, 2.75) is 6.42 Å². The summed E-state index contributed by atoms with van der Waals surface area (Å²) in [6.07, 6.45) is 1.04. The van der Waals surface area contributed by atoms with E-state index in [0.29, 0.717) is 0 Å². The minimum Gasteiger partial charge on any atom is -0.496 e. The van der Waals surface area contributed by atoms with Crippen molar-refractivity contribution >= 4 is 17.3 Å². The third kappa shape index (κ3) is 1.83. The van der Waals surface area contributed by atoms with Crippen LogP contribution in [0.2, 0.25) is 5.02 Å². The van der Waals surface area contributed by atoms with Crippen molar-refractivity contribution in [3.05, 3.63) is 47.0 Å². The van der Waals surface area contributed by atoms with Gasteiger partial charge < -0.3 is 10.1 Å². The fourth-order valence-corrected chi connectivity index (χ4v) is 2.66. The Morgan fingerprint density at radius 2 is 2.06 bits per heavy atom. The molecule has 0 saturated heterocycles. The number of ether oxygens (including phenoxy) is 1. The van der Waals surface area contributed by atoms with E-state index in [2.05, 4.69) is 23.5 Å². The van der Waals surface area contributed by atoms with Gasteiger partial charge in [-0.1, -0.05) is 23.7 Å². The maximum Gasteiger partial charge on any atom is 0.126 e. The van der Waals surface area contributed by atoms with Crippen LogP contribution in [0.1, 0.15) is 5.56 Å². The van der Waals surface area contributed by atoms with Crippen LogP contribution in [0, 0.1) is 0 Å². The Morgan fingerprint density at radius 1 is 1.17 bits per heavy atom. The van der Waals surface area contributed by atoms with E-state index in [1.54, 1.807) is 7.11 Å². The minimum atomic E-state index is 0.731. The first-order chi connectivity index (χ1) is 8.79. The van der Waals surface area contributed by atoms with Gasteiger partial charge in [-0.2, -0.15) is 0 Å². The summed E-state index contributed by atoms with van der Waals surface area (Å²) in [7, 11) is 1.69. The molecular formula is C15H14ClNO. The number of methoxy groups -OCH3 is 1. The van der Waals surface area contributed by atoms with Crippen LogP contribution in [-0.4, -0.2) is 13.7 Å². The Morgan fingerprint density at radius 3 is 2.89 bits per heavy atom. The average molecular weight is 260 g/mol. The SMILES string of the molecule is COc1ccc(Cl)cc1-c1cccc2c1CCN2. The van der Waals surface area contributed by atoms with Gasteiger partial charge in [0.1, 0.15) is 5.75 Å². The van der Waals surface area contributed by atoms with Crippen molar-refractivity contribution in [2.24, 2.45) is 0 Å². The largest absolute Gasteiger partial charge is 0.496 e. The average Bonchev–Trinajstić information content (AvgIpc) is 2.86. The molecule has 0 saturated carbocycles. The summed E-state index contributed by atoms with van der Waals surface area (Å²) < 4.78 is 5.44. The van der Waals surface area contributed by atoms with E-state index in [9.17, 15) is 0 Å². The van der Waals surface area contributed by atoms with Crippen molar-refractivity contribution < 1.29 is 4.74 Å². The van der Waals surface area contributed by atoms with Crippen LogP contribution in [0.15, 0.2) is 36.4 Å². The van der Waals surface area contributed by atoms with Crippen LogP contribution < -0.4 is 10.1 Å². The number of benzene rings is 2. The van der Waals surface area contributed by atoms with Gasteiger partial charge in [0.2, 0.25) is 0 Å². The second-order valence-electron chi connectivity index (χ2n) is 4.35. The standard InChI is InChI=1S/C15H14ClNO/c1-18-15-6-5-10(16)9-13(15)11-3-2-4-14-12(11)7-8-17-14/h2-6,9,17H,7-8H2,1H3. The lowest BCUT2D eigenvalue weighted by atomic mass is 9.97. The van der Waals surface area contributed by atoms with Crippen LogP contribution in [0.25, 0.3) is 11.1 Å². The van der Waals surface area contributed by atoms with E-state index in [4.69, 9.17) is 16.3 Å². The summed E-state index contributed by atoms with van der Waals surface area (Å²) in [5, 5.41) is 4.12. The minimum absolute atomic E-state index is 0.731. The molecule has 2 aromatic rings. The maximum absolute atomic E-state index is 6.10. The first kappa shape index (κ1) is 11.4. The van der Waals surface area contributed by atoms with Gasteiger partial charge in [-0.05, 0) is 41.8 Å². The zero-order valence-electron chi connectivity index (χ0n) is 10.2. The molecule has 0 fully saturated rings. The molecule has 0 amide bonds. The predicted molar refractivity (Wildman–Crippen MR) is 75.6 cm³/mol. The molecule has 0 aliphatic carbocycles. The summed E-state index contributed by atoms with van der Waals surface area (Å²) in [5.74, 6) is 0.861. The highest BCUT2D eigenvalue weighted by molar-refractivity contribution is 6.31. The zero-order chi connectivity index (χ0) is 12.5. The first-order valence-electron chi connectivity index (χ1n) is 5.99. The number of hydrogen-bond donors (Lipinski definition) is 1. The Balaban J connectivity index is 2.21. The maximum atomic E-state index is 6.10. The van der Waals surface area contributed by atoms with Crippen molar-refractivity contribution in [3.8, 4) is 16.9 Å². The fraction of sp³-hybridized carbons (Fsp3) is 0.200. The Kier molecular flexibility index (Phi) is 2.88. The zero-order valence-corrected chi connectivity index (χ0v) is 10.9. The Hall–Kier alpha value is -1.67. The highest BCUT2D eigenvalue weighted by Crippen LogP contribution is 2.38. The van der Waals surface area contributed by atoms with E-state index < -0.39 is 0 Å². The number of nitrogens with one attached hydrogen (secondary N) is 1. The number of halogens is 1. The molecule has 3 rings (SSSR count). The summed E-state index contributed by atoms with van der Waals surface area (Å²) in [4.78, 5) is 0. The van der Waals surface area contributed by atoms with Gasteiger partial charge in [-0.25, -0.2) is 0 Å². The number of anilines is 1. The summed E-state index contributed by atoms with van der Waals surface area (Å²) in [5.41, 5.74) is 4.83.